The lowest BCUT2D eigenvalue weighted by atomic mass is 9.70. The highest BCUT2D eigenvalue weighted by molar-refractivity contribution is 5.80. The van der Waals surface area contributed by atoms with Crippen LogP contribution in [-0.4, -0.2) is 120 Å². The van der Waals surface area contributed by atoms with Crippen molar-refractivity contribution in [3.63, 3.8) is 0 Å². The van der Waals surface area contributed by atoms with Gasteiger partial charge < -0.3 is 29.9 Å². The molecular weight excluding hydrogens is 600 g/mol. The summed E-state index contributed by atoms with van der Waals surface area (Å²) in [7, 11) is 1.46. The van der Waals surface area contributed by atoms with E-state index in [1.807, 2.05) is 16.7 Å². The molecule has 12 nitrogen and oxygen atoms in total. The highest BCUT2D eigenvalue weighted by atomic mass is 16.6. The molecule has 0 aromatic rings. The Labute approximate surface area is 277 Å². The fourth-order valence-electron chi connectivity index (χ4n) is 10.9. The number of hydrogen-bond donors (Lipinski definition) is 2. The summed E-state index contributed by atoms with van der Waals surface area (Å²) < 4.78 is 11.3. The Morgan fingerprint density at radius 3 is 1.57 bits per heavy atom. The average molecular weight is 651 g/mol. The molecule has 4 unspecified atom stereocenters. The van der Waals surface area contributed by atoms with Gasteiger partial charge >= 0.3 is 12.2 Å². The number of nitrogens with one attached hydrogen (secondary N) is 2. The van der Waals surface area contributed by atoms with Crippen molar-refractivity contribution in [1.82, 2.24) is 30.2 Å². The molecule has 8 aliphatic heterocycles. The normalized spacial score (nSPS) is 35.2. The third-order valence-electron chi connectivity index (χ3n) is 13.4. The van der Waals surface area contributed by atoms with Gasteiger partial charge in [0, 0.05) is 88.4 Å². The van der Waals surface area contributed by atoms with Gasteiger partial charge in [-0.2, -0.15) is 0 Å². The Hall–Kier alpha value is -3.44. The predicted octanol–water partition coefficient (Wildman–Crippen LogP) is 3.10. The van der Waals surface area contributed by atoms with Crippen LogP contribution >= 0.6 is 0 Å². The molecule has 0 saturated carbocycles. The maximum Gasteiger partial charge on any atom is 0.410 e. The van der Waals surface area contributed by atoms with E-state index in [4.69, 9.17) is 9.47 Å². The molecule has 256 valence electrons. The van der Waals surface area contributed by atoms with Crippen molar-refractivity contribution >= 4 is 24.0 Å². The molecular formula is C35H50N6O6. The summed E-state index contributed by atoms with van der Waals surface area (Å²) in [5, 5.41) is 6.11. The number of piperidine rings is 2. The Bertz CT molecular complexity index is 1410. The summed E-state index contributed by atoms with van der Waals surface area (Å²) in [6.07, 6.45) is 13.8. The summed E-state index contributed by atoms with van der Waals surface area (Å²) in [4.78, 5) is 61.0. The molecule has 12 heteroatoms. The molecule has 6 saturated heterocycles. The zero-order chi connectivity index (χ0) is 32.6. The van der Waals surface area contributed by atoms with E-state index in [-0.39, 0.29) is 46.9 Å². The number of methoxy groups -OCH3 is 1. The van der Waals surface area contributed by atoms with Crippen LogP contribution in [0.2, 0.25) is 0 Å². The monoisotopic (exact) mass is 650 g/mol. The zero-order valence-electron chi connectivity index (χ0n) is 28.0. The molecule has 4 atom stereocenters. The van der Waals surface area contributed by atoms with Crippen LogP contribution in [0.1, 0.15) is 84.0 Å². The minimum absolute atomic E-state index is 0.0198. The minimum Gasteiger partial charge on any atom is -0.453 e. The smallest absolute Gasteiger partial charge is 0.410 e. The summed E-state index contributed by atoms with van der Waals surface area (Å²) in [6.45, 7) is 7.20. The molecule has 2 spiro atoms. The second-order valence-corrected chi connectivity index (χ2v) is 15.7. The molecule has 8 rings (SSSR count). The number of ether oxygens (including phenoxy) is 2. The number of nitrogens with zero attached hydrogens (tertiary/aromatic N) is 4. The lowest BCUT2D eigenvalue weighted by Crippen LogP contribution is -2.71. The van der Waals surface area contributed by atoms with E-state index in [1.165, 1.54) is 18.5 Å². The predicted molar refractivity (Wildman–Crippen MR) is 172 cm³/mol. The molecule has 2 N–H and O–H groups in total. The van der Waals surface area contributed by atoms with Gasteiger partial charge in [0.25, 0.3) is 0 Å². The van der Waals surface area contributed by atoms with Crippen molar-refractivity contribution in [2.24, 2.45) is 10.8 Å². The first-order chi connectivity index (χ1) is 22.6. The van der Waals surface area contributed by atoms with E-state index >= 15 is 0 Å². The SMILES string of the molecule is CCOC(=O)N1C2CCC1(C13C=C(N4CCC5(CC4)CNC(=O)C5)CC(CC1)N3C(=O)OC)C=C(N1CCC3(CC1)CNC(=O)C3)C2. The molecule has 8 heterocycles. The number of carbonyl (C=O) groups is 4. The quantitative estimate of drug-likeness (QED) is 0.476. The summed E-state index contributed by atoms with van der Waals surface area (Å²) in [5.74, 6) is 0.319. The van der Waals surface area contributed by atoms with Crippen LogP contribution in [0, 0.1) is 10.8 Å². The molecule has 0 radical (unpaired) electrons. The number of rotatable bonds is 4. The maximum atomic E-state index is 14.0. The molecule has 4 bridgehead atoms. The lowest BCUT2D eigenvalue weighted by Gasteiger charge is -2.57. The summed E-state index contributed by atoms with van der Waals surface area (Å²) in [6, 6.07) is -0.0415. The zero-order valence-corrected chi connectivity index (χ0v) is 28.0. The molecule has 6 fully saturated rings. The molecule has 0 aromatic heterocycles. The molecule has 4 amide bonds. The summed E-state index contributed by atoms with van der Waals surface area (Å²) >= 11 is 0. The highest BCUT2D eigenvalue weighted by Crippen LogP contribution is 2.59. The van der Waals surface area contributed by atoms with Crippen LogP contribution < -0.4 is 10.6 Å². The van der Waals surface area contributed by atoms with Crippen molar-refractivity contribution in [3.05, 3.63) is 23.5 Å². The van der Waals surface area contributed by atoms with Crippen LogP contribution in [-0.2, 0) is 19.1 Å². The van der Waals surface area contributed by atoms with Gasteiger partial charge in [0.2, 0.25) is 11.8 Å². The topological polar surface area (TPSA) is 124 Å². The van der Waals surface area contributed by atoms with Crippen molar-refractivity contribution in [1.29, 1.82) is 0 Å². The van der Waals surface area contributed by atoms with Crippen molar-refractivity contribution < 1.29 is 28.7 Å². The Morgan fingerprint density at radius 1 is 0.745 bits per heavy atom. The van der Waals surface area contributed by atoms with Gasteiger partial charge in [-0.25, -0.2) is 9.59 Å². The molecule has 8 aliphatic rings. The maximum absolute atomic E-state index is 14.0. The van der Waals surface area contributed by atoms with E-state index in [2.05, 4.69) is 32.6 Å². The number of carbonyl (C=O) groups excluding carboxylic acids is 4. The molecule has 0 aromatic carbocycles. The lowest BCUT2D eigenvalue weighted by molar-refractivity contribution is -0.120. The number of hydrogen-bond acceptors (Lipinski definition) is 8. The van der Waals surface area contributed by atoms with E-state index in [0.29, 0.717) is 19.4 Å². The van der Waals surface area contributed by atoms with Gasteiger partial charge in [0.1, 0.15) is 0 Å². The largest absolute Gasteiger partial charge is 0.453 e. The first kappa shape index (κ1) is 30.9. The summed E-state index contributed by atoms with van der Waals surface area (Å²) in [5.41, 5.74) is 1.05. The fraction of sp³-hybridized carbons (Fsp3) is 0.771. The van der Waals surface area contributed by atoms with Crippen LogP contribution in [0.25, 0.3) is 0 Å². The van der Waals surface area contributed by atoms with E-state index in [1.54, 1.807) is 0 Å². The number of likely N-dealkylation sites (tertiary alicyclic amines) is 2. The van der Waals surface area contributed by atoms with Crippen LogP contribution in [0.5, 0.6) is 0 Å². The third kappa shape index (κ3) is 4.66. The van der Waals surface area contributed by atoms with E-state index in [9.17, 15) is 19.2 Å². The first-order valence-corrected chi connectivity index (χ1v) is 17.9. The second kappa shape index (κ2) is 11.1. The minimum atomic E-state index is -0.773. The Kier molecular flexibility index (Phi) is 7.26. The van der Waals surface area contributed by atoms with Gasteiger partial charge in [-0.3, -0.25) is 19.4 Å². The van der Waals surface area contributed by atoms with Crippen molar-refractivity contribution in [2.45, 2.75) is 107 Å². The van der Waals surface area contributed by atoms with Gasteiger partial charge in [-0.05, 0) is 81.3 Å². The van der Waals surface area contributed by atoms with Gasteiger partial charge in [0.05, 0.1) is 24.8 Å². The van der Waals surface area contributed by atoms with E-state index < -0.39 is 11.1 Å². The highest BCUT2D eigenvalue weighted by Gasteiger charge is 2.69. The van der Waals surface area contributed by atoms with Crippen LogP contribution in [0.15, 0.2) is 23.5 Å². The van der Waals surface area contributed by atoms with Crippen LogP contribution in [0.4, 0.5) is 9.59 Å². The average Bonchev–Trinajstić information content (AvgIpc) is 3.76. The van der Waals surface area contributed by atoms with E-state index in [0.717, 1.165) is 103 Å². The Morgan fingerprint density at radius 2 is 1.19 bits per heavy atom. The third-order valence-corrected chi connectivity index (χ3v) is 13.4. The Balaban J connectivity index is 1.18. The molecule has 47 heavy (non-hydrogen) atoms. The molecule has 0 aliphatic carbocycles. The number of fused-ring (bicyclic) bond motifs is 5. The van der Waals surface area contributed by atoms with Gasteiger partial charge in [-0.15, -0.1) is 0 Å². The van der Waals surface area contributed by atoms with Gasteiger partial charge in [-0.1, -0.05) is 0 Å². The first-order valence-electron chi connectivity index (χ1n) is 17.9. The van der Waals surface area contributed by atoms with Gasteiger partial charge in [0.15, 0.2) is 0 Å². The van der Waals surface area contributed by atoms with Crippen molar-refractivity contribution in [3.8, 4) is 0 Å². The van der Waals surface area contributed by atoms with Crippen molar-refractivity contribution in [2.75, 3.05) is 53.0 Å². The fourth-order valence-corrected chi connectivity index (χ4v) is 10.9. The van der Waals surface area contributed by atoms with Crippen LogP contribution in [0.3, 0.4) is 0 Å². The number of amides is 4. The second-order valence-electron chi connectivity index (χ2n) is 15.7. The standard InChI is InChI=1S/C35H50N6O6/c1-3-47-31(45)41-25-5-7-35(41,19-27(17-25)39-14-10-33(11-15-39)21-29(43)37-23-33)34-6-4-24(40(34)30(44)46-2)16-26(18-34)38-12-8-32(9-13-38)20-28(42)36-22-32/h18-19,24-25H,3-17,20-23H2,1-2H3,(H,36,42)(H,37,43).